The lowest BCUT2D eigenvalue weighted by Gasteiger charge is -2.18. The van der Waals surface area contributed by atoms with Gasteiger partial charge < -0.3 is 20.3 Å². The molecule has 1 aromatic carbocycles. The number of halogens is 1. The van der Waals surface area contributed by atoms with E-state index in [1.165, 1.54) is 5.56 Å². The number of hydrogen-bond acceptors (Lipinski definition) is 3. The summed E-state index contributed by atoms with van der Waals surface area (Å²) in [7, 11) is 1.78. The lowest BCUT2D eigenvalue weighted by molar-refractivity contribution is -0.129. The Labute approximate surface area is 186 Å². The van der Waals surface area contributed by atoms with Crippen molar-refractivity contribution in [3.8, 4) is 5.75 Å². The predicted molar refractivity (Wildman–Crippen MR) is 126 cm³/mol. The second-order valence-electron chi connectivity index (χ2n) is 6.92. The summed E-state index contributed by atoms with van der Waals surface area (Å²) in [6.07, 6.45) is 4.69. The van der Waals surface area contributed by atoms with Crippen LogP contribution in [0.1, 0.15) is 45.1 Å². The van der Waals surface area contributed by atoms with E-state index >= 15 is 0 Å². The molecule has 0 radical (unpaired) electrons. The Morgan fingerprint density at radius 1 is 1.29 bits per heavy atom. The molecule has 1 fully saturated rings. The summed E-state index contributed by atoms with van der Waals surface area (Å²) >= 11 is 0. The molecule has 0 spiro atoms. The minimum atomic E-state index is 0. The van der Waals surface area contributed by atoms with Gasteiger partial charge in [0.25, 0.3) is 0 Å². The second kappa shape index (κ2) is 13.6. The standard InChI is InChI=1S/C21H34N4O2.HI/c1-4-6-15-27-19-9-7-17(8-10-19)11-13-23-21(22-3)24-18-12-14-25(16-18)20(26)5-2;/h7-10,18H,4-6,11-16H2,1-3H3,(H2,22,23,24);1H. The Morgan fingerprint density at radius 2 is 2.04 bits per heavy atom. The van der Waals surface area contributed by atoms with E-state index in [4.69, 9.17) is 4.74 Å². The molecule has 1 amide bonds. The molecule has 2 rings (SSSR count). The predicted octanol–water partition coefficient (Wildman–Crippen LogP) is 3.20. The van der Waals surface area contributed by atoms with E-state index in [9.17, 15) is 4.79 Å². The van der Waals surface area contributed by atoms with Crippen LogP contribution >= 0.6 is 24.0 Å². The minimum Gasteiger partial charge on any atom is -0.494 e. The summed E-state index contributed by atoms with van der Waals surface area (Å²) < 4.78 is 5.70. The van der Waals surface area contributed by atoms with Crippen LogP contribution in [-0.4, -0.2) is 56.1 Å². The van der Waals surface area contributed by atoms with Crippen molar-refractivity contribution in [2.45, 2.75) is 52.0 Å². The van der Waals surface area contributed by atoms with E-state index in [2.05, 4.69) is 34.7 Å². The van der Waals surface area contributed by atoms with Crippen molar-refractivity contribution < 1.29 is 9.53 Å². The number of benzene rings is 1. The fourth-order valence-corrected chi connectivity index (χ4v) is 3.13. The van der Waals surface area contributed by atoms with Crippen molar-refractivity contribution in [1.29, 1.82) is 0 Å². The van der Waals surface area contributed by atoms with E-state index < -0.39 is 0 Å². The highest BCUT2D eigenvalue weighted by Crippen LogP contribution is 2.13. The van der Waals surface area contributed by atoms with Gasteiger partial charge in [-0.1, -0.05) is 32.4 Å². The zero-order chi connectivity index (χ0) is 19.5. The maximum absolute atomic E-state index is 11.8. The molecule has 0 bridgehead atoms. The quantitative estimate of drug-likeness (QED) is 0.236. The topological polar surface area (TPSA) is 66.0 Å². The molecule has 0 saturated carbocycles. The second-order valence-corrected chi connectivity index (χ2v) is 6.92. The number of aliphatic imine (C=N–C) groups is 1. The van der Waals surface area contributed by atoms with Gasteiger partial charge in [-0.2, -0.15) is 0 Å². The van der Waals surface area contributed by atoms with Crippen molar-refractivity contribution in [2.75, 3.05) is 33.3 Å². The fourth-order valence-electron chi connectivity index (χ4n) is 3.13. The van der Waals surface area contributed by atoms with Gasteiger partial charge in [-0.3, -0.25) is 9.79 Å². The van der Waals surface area contributed by atoms with Crippen LogP contribution in [0.5, 0.6) is 5.75 Å². The third kappa shape index (κ3) is 8.24. The monoisotopic (exact) mass is 502 g/mol. The van der Waals surface area contributed by atoms with E-state index in [0.717, 1.165) is 63.6 Å². The summed E-state index contributed by atoms with van der Waals surface area (Å²) in [6, 6.07) is 8.58. The maximum atomic E-state index is 11.8. The van der Waals surface area contributed by atoms with Crippen LogP contribution in [-0.2, 0) is 11.2 Å². The number of nitrogens with one attached hydrogen (secondary N) is 2. The SMILES string of the molecule is CCCCOc1ccc(CCNC(=NC)NC2CCN(C(=O)CC)C2)cc1.I. The first-order valence-electron chi connectivity index (χ1n) is 10.1. The highest BCUT2D eigenvalue weighted by Gasteiger charge is 2.25. The van der Waals surface area contributed by atoms with Crippen molar-refractivity contribution in [1.82, 2.24) is 15.5 Å². The molecule has 7 heteroatoms. The number of amides is 1. The first-order valence-corrected chi connectivity index (χ1v) is 10.1. The number of nitrogens with zero attached hydrogens (tertiary/aromatic N) is 2. The van der Waals surface area contributed by atoms with Gasteiger partial charge in [0.1, 0.15) is 5.75 Å². The van der Waals surface area contributed by atoms with Crippen molar-refractivity contribution in [3.63, 3.8) is 0 Å². The van der Waals surface area contributed by atoms with E-state index in [0.29, 0.717) is 6.42 Å². The Balaban J connectivity index is 0.00000392. The van der Waals surface area contributed by atoms with Gasteiger partial charge in [-0.05, 0) is 37.0 Å². The maximum Gasteiger partial charge on any atom is 0.222 e. The first kappa shape index (κ1) is 24.5. The number of hydrogen-bond donors (Lipinski definition) is 2. The molecule has 1 aliphatic rings. The van der Waals surface area contributed by atoms with Gasteiger partial charge in [0.15, 0.2) is 5.96 Å². The highest BCUT2D eigenvalue weighted by atomic mass is 127. The van der Waals surface area contributed by atoms with Gasteiger partial charge in [0.05, 0.1) is 6.61 Å². The summed E-state index contributed by atoms with van der Waals surface area (Å²) in [4.78, 5) is 18.0. The zero-order valence-electron chi connectivity index (χ0n) is 17.4. The number of carbonyl (C=O) groups excluding carboxylic acids is 1. The third-order valence-electron chi connectivity index (χ3n) is 4.80. The molecule has 1 unspecified atom stereocenters. The molecule has 0 aliphatic carbocycles. The minimum absolute atomic E-state index is 0. The Morgan fingerprint density at radius 3 is 2.68 bits per heavy atom. The summed E-state index contributed by atoms with van der Waals surface area (Å²) in [5.41, 5.74) is 1.27. The molecule has 0 aromatic heterocycles. The van der Waals surface area contributed by atoms with E-state index in [1.54, 1.807) is 7.05 Å². The Hall–Kier alpha value is -1.51. The van der Waals surface area contributed by atoms with Crippen LogP contribution in [0.4, 0.5) is 0 Å². The smallest absolute Gasteiger partial charge is 0.222 e. The van der Waals surface area contributed by atoms with Gasteiger partial charge in [-0.15, -0.1) is 24.0 Å². The lowest BCUT2D eigenvalue weighted by atomic mass is 10.1. The van der Waals surface area contributed by atoms with Crippen molar-refractivity contribution in [2.24, 2.45) is 4.99 Å². The summed E-state index contributed by atoms with van der Waals surface area (Å²) in [5.74, 6) is 1.96. The van der Waals surface area contributed by atoms with Crippen LogP contribution in [0.3, 0.4) is 0 Å². The van der Waals surface area contributed by atoms with Crippen LogP contribution < -0.4 is 15.4 Å². The van der Waals surface area contributed by atoms with Gasteiger partial charge in [0.2, 0.25) is 5.91 Å². The number of guanidine groups is 1. The van der Waals surface area contributed by atoms with Gasteiger partial charge >= 0.3 is 0 Å². The molecular formula is C21H35IN4O2. The van der Waals surface area contributed by atoms with E-state index in [1.807, 2.05) is 24.0 Å². The molecule has 1 aromatic rings. The summed E-state index contributed by atoms with van der Waals surface area (Å²) in [6.45, 7) is 7.24. The van der Waals surface area contributed by atoms with Gasteiger partial charge in [0, 0.05) is 39.1 Å². The van der Waals surface area contributed by atoms with E-state index in [-0.39, 0.29) is 35.9 Å². The normalized spacial score (nSPS) is 16.5. The highest BCUT2D eigenvalue weighted by molar-refractivity contribution is 14.0. The molecule has 1 aliphatic heterocycles. The zero-order valence-corrected chi connectivity index (χ0v) is 19.7. The summed E-state index contributed by atoms with van der Waals surface area (Å²) in [5, 5.41) is 6.79. The largest absolute Gasteiger partial charge is 0.494 e. The molecule has 158 valence electrons. The van der Waals surface area contributed by atoms with Crippen molar-refractivity contribution in [3.05, 3.63) is 29.8 Å². The number of ether oxygens (including phenoxy) is 1. The van der Waals surface area contributed by atoms with Crippen LogP contribution in [0, 0.1) is 0 Å². The number of likely N-dealkylation sites (tertiary alicyclic amines) is 1. The Kier molecular flexibility index (Phi) is 11.9. The first-order chi connectivity index (χ1) is 13.2. The number of carbonyl (C=O) groups is 1. The lowest BCUT2D eigenvalue weighted by Crippen LogP contribution is -2.45. The van der Waals surface area contributed by atoms with Gasteiger partial charge in [-0.25, -0.2) is 0 Å². The molecule has 2 N–H and O–H groups in total. The number of rotatable bonds is 9. The Bertz CT molecular complexity index is 607. The average molecular weight is 502 g/mol. The average Bonchev–Trinajstić information content (AvgIpc) is 3.16. The van der Waals surface area contributed by atoms with Crippen LogP contribution in [0.2, 0.25) is 0 Å². The molecular weight excluding hydrogens is 467 g/mol. The molecule has 1 atom stereocenters. The molecule has 1 saturated heterocycles. The third-order valence-corrected chi connectivity index (χ3v) is 4.80. The van der Waals surface area contributed by atoms with Crippen LogP contribution in [0.25, 0.3) is 0 Å². The van der Waals surface area contributed by atoms with Crippen molar-refractivity contribution >= 4 is 35.8 Å². The number of unbranched alkanes of at least 4 members (excludes halogenated alkanes) is 1. The van der Waals surface area contributed by atoms with Crippen LogP contribution in [0.15, 0.2) is 29.3 Å². The molecule has 6 nitrogen and oxygen atoms in total. The molecule has 28 heavy (non-hydrogen) atoms. The molecule has 1 heterocycles. The fraction of sp³-hybridized carbons (Fsp3) is 0.619.